The molecule has 1 aromatic rings. The maximum absolute atomic E-state index is 13.2. The van der Waals surface area contributed by atoms with Crippen molar-refractivity contribution in [1.29, 1.82) is 0 Å². The standard InChI is InChI=1S/C23H33N3O4S/c1-17-15-19(7-11-24-17)22(28)26-31(29)13-9-23(10-14-31)16-20(8-12-30-23)25-21(27)6-5-18-3-2-4-18/h7,11,15,18,20H,2-6,8-10,12-14,16H2,1H3,(H,25,27). The van der Waals surface area contributed by atoms with Crippen LogP contribution in [0, 0.1) is 12.8 Å². The highest BCUT2D eigenvalue weighted by Gasteiger charge is 2.42. The third-order valence-corrected chi connectivity index (χ3v) is 9.19. The Morgan fingerprint density at radius 1 is 1.29 bits per heavy atom. The number of carbonyl (C=O) groups is 2. The third-order valence-electron chi connectivity index (χ3n) is 7.01. The first-order valence-electron chi connectivity index (χ1n) is 11.5. The van der Waals surface area contributed by atoms with E-state index in [2.05, 4.69) is 14.7 Å². The predicted octanol–water partition coefficient (Wildman–Crippen LogP) is 3.41. The molecule has 1 aliphatic carbocycles. The Bertz CT molecular complexity index is 936. The van der Waals surface area contributed by atoms with Gasteiger partial charge in [-0.25, -0.2) is 4.21 Å². The Labute approximate surface area is 184 Å². The minimum Gasteiger partial charge on any atom is -0.375 e. The van der Waals surface area contributed by atoms with Gasteiger partial charge in [-0.2, -0.15) is 4.36 Å². The minimum atomic E-state index is -2.59. The lowest BCUT2D eigenvalue weighted by Crippen LogP contribution is -2.52. The summed E-state index contributed by atoms with van der Waals surface area (Å²) in [7, 11) is -2.59. The highest BCUT2D eigenvalue weighted by Crippen LogP contribution is 2.37. The van der Waals surface area contributed by atoms with Crippen molar-refractivity contribution in [2.24, 2.45) is 10.3 Å². The van der Waals surface area contributed by atoms with Crippen LogP contribution in [0.4, 0.5) is 0 Å². The molecular formula is C23H33N3O4S. The van der Waals surface area contributed by atoms with Crippen LogP contribution < -0.4 is 5.32 Å². The molecular weight excluding hydrogens is 414 g/mol. The average molecular weight is 448 g/mol. The normalized spacial score (nSPS) is 31.1. The lowest BCUT2D eigenvalue weighted by Gasteiger charge is -2.44. The van der Waals surface area contributed by atoms with Crippen molar-refractivity contribution in [3.63, 3.8) is 0 Å². The average Bonchev–Trinajstić information content (AvgIpc) is 2.70. The monoisotopic (exact) mass is 447 g/mol. The molecule has 4 rings (SSSR count). The molecule has 0 radical (unpaired) electrons. The van der Waals surface area contributed by atoms with Crippen LogP contribution in [0.5, 0.6) is 0 Å². The number of hydrogen-bond acceptors (Lipinski definition) is 5. The molecule has 2 aliphatic heterocycles. The number of aromatic nitrogens is 1. The van der Waals surface area contributed by atoms with Crippen LogP contribution in [-0.2, 0) is 19.3 Å². The smallest absolute Gasteiger partial charge is 0.285 e. The summed E-state index contributed by atoms with van der Waals surface area (Å²) in [5.74, 6) is 1.14. The first-order chi connectivity index (χ1) is 14.8. The van der Waals surface area contributed by atoms with Crippen LogP contribution in [-0.4, -0.2) is 50.8 Å². The highest BCUT2D eigenvalue weighted by molar-refractivity contribution is 7.93. The van der Waals surface area contributed by atoms with E-state index >= 15 is 0 Å². The number of carbonyl (C=O) groups excluding carboxylic acids is 2. The molecule has 2 amide bonds. The summed E-state index contributed by atoms with van der Waals surface area (Å²) < 4.78 is 23.5. The topological polar surface area (TPSA) is 97.7 Å². The molecule has 7 nitrogen and oxygen atoms in total. The van der Waals surface area contributed by atoms with Gasteiger partial charge in [0.25, 0.3) is 5.91 Å². The second-order valence-corrected chi connectivity index (χ2v) is 11.9. The van der Waals surface area contributed by atoms with E-state index in [0.717, 1.165) is 30.9 Å². The molecule has 3 fully saturated rings. The van der Waals surface area contributed by atoms with E-state index in [1.54, 1.807) is 18.3 Å². The zero-order chi connectivity index (χ0) is 21.9. The summed E-state index contributed by atoms with van der Waals surface area (Å²) in [6, 6.07) is 3.38. The van der Waals surface area contributed by atoms with Crippen LogP contribution in [0.1, 0.15) is 73.8 Å². The van der Waals surface area contributed by atoms with Crippen molar-refractivity contribution in [1.82, 2.24) is 10.3 Å². The number of amides is 2. The highest BCUT2D eigenvalue weighted by atomic mass is 32.2. The van der Waals surface area contributed by atoms with Crippen molar-refractivity contribution in [3.05, 3.63) is 29.6 Å². The van der Waals surface area contributed by atoms with Gasteiger partial charge >= 0.3 is 0 Å². The quantitative estimate of drug-likeness (QED) is 0.746. The summed E-state index contributed by atoms with van der Waals surface area (Å²) >= 11 is 0. The number of ether oxygens (including phenoxy) is 1. The lowest BCUT2D eigenvalue weighted by atomic mass is 9.82. The molecule has 1 aromatic heterocycles. The number of nitrogens with zero attached hydrogens (tertiary/aromatic N) is 2. The van der Waals surface area contributed by atoms with Crippen LogP contribution in [0.25, 0.3) is 0 Å². The lowest BCUT2D eigenvalue weighted by molar-refractivity contribution is -0.126. The maximum atomic E-state index is 13.2. The maximum Gasteiger partial charge on any atom is 0.285 e. The summed E-state index contributed by atoms with van der Waals surface area (Å²) in [5.41, 5.74) is 0.792. The molecule has 1 atom stereocenters. The van der Waals surface area contributed by atoms with Gasteiger partial charge in [0.2, 0.25) is 5.91 Å². The fourth-order valence-electron chi connectivity index (χ4n) is 4.81. The predicted molar refractivity (Wildman–Crippen MR) is 119 cm³/mol. The van der Waals surface area contributed by atoms with Crippen molar-refractivity contribution in [2.45, 2.75) is 76.4 Å². The fourth-order valence-corrected chi connectivity index (χ4v) is 6.98. The van der Waals surface area contributed by atoms with Crippen LogP contribution in [0.2, 0.25) is 0 Å². The Hall–Kier alpha value is -1.80. The number of nitrogens with one attached hydrogen (secondary N) is 1. The largest absolute Gasteiger partial charge is 0.375 e. The number of aryl methyl sites for hydroxylation is 1. The summed E-state index contributed by atoms with van der Waals surface area (Å²) in [6.45, 7) is 2.41. The van der Waals surface area contributed by atoms with E-state index in [4.69, 9.17) is 4.74 Å². The van der Waals surface area contributed by atoms with Crippen LogP contribution in [0.15, 0.2) is 22.7 Å². The van der Waals surface area contributed by atoms with Gasteiger partial charge < -0.3 is 10.1 Å². The Morgan fingerprint density at radius 2 is 2.06 bits per heavy atom. The molecule has 170 valence electrons. The molecule has 0 bridgehead atoms. The molecule has 1 unspecified atom stereocenters. The van der Waals surface area contributed by atoms with Crippen molar-refractivity contribution < 1.29 is 18.5 Å². The minimum absolute atomic E-state index is 0.107. The Morgan fingerprint density at radius 3 is 2.74 bits per heavy atom. The van der Waals surface area contributed by atoms with Crippen molar-refractivity contribution in [2.75, 3.05) is 18.1 Å². The van der Waals surface area contributed by atoms with Crippen molar-refractivity contribution in [3.8, 4) is 0 Å². The summed E-state index contributed by atoms with van der Waals surface area (Å²) in [4.78, 5) is 28.9. The number of pyridine rings is 1. The molecule has 3 aliphatic rings. The van der Waals surface area contributed by atoms with E-state index in [-0.39, 0.29) is 17.6 Å². The number of rotatable bonds is 5. The van der Waals surface area contributed by atoms with Gasteiger partial charge in [0.15, 0.2) is 0 Å². The second-order valence-electron chi connectivity index (χ2n) is 9.39. The van der Waals surface area contributed by atoms with Crippen molar-refractivity contribution >= 4 is 21.5 Å². The summed E-state index contributed by atoms with van der Waals surface area (Å²) in [5, 5.41) is 3.20. The van der Waals surface area contributed by atoms with E-state index < -0.39 is 15.6 Å². The molecule has 2 saturated heterocycles. The summed E-state index contributed by atoms with van der Waals surface area (Å²) in [6.07, 6.45) is 9.77. The molecule has 1 N–H and O–H groups in total. The first kappa shape index (κ1) is 22.4. The van der Waals surface area contributed by atoms with E-state index in [1.807, 2.05) is 6.92 Å². The first-order valence-corrected chi connectivity index (χ1v) is 13.3. The van der Waals surface area contributed by atoms with Gasteiger partial charge in [0, 0.05) is 48.0 Å². The Balaban J connectivity index is 1.32. The zero-order valence-corrected chi connectivity index (χ0v) is 19.1. The van der Waals surface area contributed by atoms with Gasteiger partial charge in [-0.05, 0) is 57.1 Å². The van der Waals surface area contributed by atoms with Gasteiger partial charge in [-0.1, -0.05) is 19.3 Å². The van der Waals surface area contributed by atoms with E-state index in [1.165, 1.54) is 19.3 Å². The molecule has 1 saturated carbocycles. The molecule has 31 heavy (non-hydrogen) atoms. The molecule has 0 aromatic carbocycles. The SMILES string of the molecule is Cc1cc(C(=O)N=S2(=O)CCC3(CC2)CC(NC(=O)CCC2CCC2)CCO3)ccn1. The molecule has 1 spiro atoms. The third kappa shape index (κ3) is 5.71. The zero-order valence-electron chi connectivity index (χ0n) is 18.3. The molecule has 3 heterocycles. The van der Waals surface area contributed by atoms with Crippen LogP contribution >= 0.6 is 0 Å². The van der Waals surface area contributed by atoms with Gasteiger partial charge in [-0.15, -0.1) is 0 Å². The van der Waals surface area contributed by atoms with E-state index in [9.17, 15) is 13.8 Å². The van der Waals surface area contributed by atoms with Gasteiger partial charge in [0.1, 0.15) is 0 Å². The van der Waals surface area contributed by atoms with Gasteiger partial charge in [0.05, 0.1) is 15.3 Å². The molecule has 8 heteroatoms. The fraction of sp³-hybridized carbons (Fsp3) is 0.696. The van der Waals surface area contributed by atoms with Gasteiger partial charge in [-0.3, -0.25) is 14.6 Å². The number of hydrogen-bond donors (Lipinski definition) is 1. The van der Waals surface area contributed by atoms with Crippen LogP contribution in [0.3, 0.4) is 0 Å². The second kappa shape index (κ2) is 9.36. The Kier molecular flexibility index (Phi) is 6.77. The van der Waals surface area contributed by atoms with E-state index in [0.29, 0.717) is 42.9 Å².